The molecular formula is C22H27N5. The lowest BCUT2D eigenvalue weighted by Crippen LogP contribution is -2.46. The second-order valence-electron chi connectivity index (χ2n) is 7.29. The van der Waals surface area contributed by atoms with Crippen LogP contribution in [0.15, 0.2) is 61.2 Å². The molecule has 0 bridgehead atoms. The van der Waals surface area contributed by atoms with Gasteiger partial charge in [0.25, 0.3) is 0 Å². The molecule has 1 fully saturated rings. The molecule has 1 aliphatic rings. The summed E-state index contributed by atoms with van der Waals surface area (Å²) in [6.07, 6.45) is 3.39. The summed E-state index contributed by atoms with van der Waals surface area (Å²) in [5, 5.41) is 4.18. The Bertz CT molecular complexity index is 851. The van der Waals surface area contributed by atoms with Gasteiger partial charge in [0.05, 0.1) is 6.54 Å². The molecule has 3 aromatic rings. The van der Waals surface area contributed by atoms with E-state index in [9.17, 15) is 0 Å². The fraction of sp³-hybridized carbons (Fsp3) is 0.364. The summed E-state index contributed by atoms with van der Waals surface area (Å²) in [6.45, 7) is 9.63. The van der Waals surface area contributed by atoms with Crippen molar-refractivity contribution in [2.75, 3.05) is 32.7 Å². The molecule has 4 rings (SSSR count). The summed E-state index contributed by atoms with van der Waals surface area (Å²) >= 11 is 0. The molecule has 1 saturated heterocycles. The van der Waals surface area contributed by atoms with Crippen molar-refractivity contribution in [3.05, 3.63) is 72.3 Å². The molecule has 0 amide bonds. The van der Waals surface area contributed by atoms with E-state index in [0.29, 0.717) is 0 Å². The van der Waals surface area contributed by atoms with Crippen molar-refractivity contribution in [2.45, 2.75) is 20.0 Å². The monoisotopic (exact) mass is 361 g/mol. The lowest BCUT2D eigenvalue weighted by molar-refractivity contribution is 0.123. The minimum atomic E-state index is 0.915. The number of nitrogens with zero attached hydrogens (tertiary/aromatic N) is 5. The molecule has 0 radical (unpaired) electrons. The van der Waals surface area contributed by atoms with Crippen LogP contribution in [0, 0.1) is 6.92 Å². The van der Waals surface area contributed by atoms with E-state index < -0.39 is 0 Å². The van der Waals surface area contributed by atoms with Gasteiger partial charge in [0.15, 0.2) is 0 Å². The molecule has 0 unspecified atom stereocenters. The Morgan fingerprint density at radius 1 is 0.889 bits per heavy atom. The van der Waals surface area contributed by atoms with Crippen LogP contribution in [0.25, 0.3) is 11.1 Å². The first kappa shape index (κ1) is 17.9. The van der Waals surface area contributed by atoms with Crippen LogP contribution in [0.5, 0.6) is 0 Å². The average molecular weight is 361 g/mol. The van der Waals surface area contributed by atoms with E-state index in [1.807, 2.05) is 4.68 Å². The predicted octanol–water partition coefficient (Wildman–Crippen LogP) is 3.07. The van der Waals surface area contributed by atoms with Crippen LogP contribution >= 0.6 is 0 Å². The van der Waals surface area contributed by atoms with Gasteiger partial charge in [-0.05, 0) is 35.2 Å². The van der Waals surface area contributed by atoms with Gasteiger partial charge in [0, 0.05) is 39.3 Å². The van der Waals surface area contributed by atoms with E-state index >= 15 is 0 Å². The molecule has 5 heteroatoms. The molecular weight excluding hydrogens is 334 g/mol. The molecule has 5 nitrogen and oxygen atoms in total. The van der Waals surface area contributed by atoms with Gasteiger partial charge >= 0.3 is 0 Å². The van der Waals surface area contributed by atoms with Crippen molar-refractivity contribution < 1.29 is 0 Å². The maximum Gasteiger partial charge on any atom is 0.137 e. The summed E-state index contributed by atoms with van der Waals surface area (Å²) in [6, 6.07) is 17.6. The second-order valence-corrected chi connectivity index (χ2v) is 7.29. The Balaban J connectivity index is 1.31. The van der Waals surface area contributed by atoms with Crippen LogP contribution in [-0.4, -0.2) is 57.3 Å². The Kier molecular flexibility index (Phi) is 5.61. The van der Waals surface area contributed by atoms with E-state index in [-0.39, 0.29) is 0 Å². The highest BCUT2D eigenvalue weighted by molar-refractivity contribution is 5.67. The van der Waals surface area contributed by atoms with Crippen molar-refractivity contribution in [1.29, 1.82) is 0 Å². The van der Waals surface area contributed by atoms with Crippen molar-refractivity contribution in [2.24, 2.45) is 0 Å². The smallest absolute Gasteiger partial charge is 0.137 e. The lowest BCUT2D eigenvalue weighted by Gasteiger charge is -2.34. The first-order valence-corrected chi connectivity index (χ1v) is 9.70. The zero-order valence-electron chi connectivity index (χ0n) is 16.0. The Hall–Kier alpha value is -2.50. The second kappa shape index (κ2) is 8.46. The van der Waals surface area contributed by atoms with Crippen LogP contribution in [-0.2, 0) is 13.1 Å². The lowest BCUT2D eigenvalue weighted by atomic mass is 9.99. The maximum atomic E-state index is 4.18. The zero-order chi connectivity index (χ0) is 18.5. The first-order valence-electron chi connectivity index (χ1n) is 9.70. The number of hydrogen-bond acceptors (Lipinski definition) is 4. The number of rotatable bonds is 6. The highest BCUT2D eigenvalue weighted by atomic mass is 15.3. The predicted molar refractivity (Wildman–Crippen MR) is 108 cm³/mol. The summed E-state index contributed by atoms with van der Waals surface area (Å²) in [4.78, 5) is 9.08. The summed E-state index contributed by atoms with van der Waals surface area (Å²) in [5.74, 6) is 0. The maximum absolute atomic E-state index is 4.18. The van der Waals surface area contributed by atoms with Crippen LogP contribution in [0.2, 0.25) is 0 Å². The molecule has 1 aromatic heterocycles. The molecule has 2 heterocycles. The van der Waals surface area contributed by atoms with Gasteiger partial charge in [-0.2, -0.15) is 5.10 Å². The SMILES string of the molecule is Cc1ccccc1-c1cccc(CN2CCN(CCn3cncn3)CC2)c1. The van der Waals surface area contributed by atoms with Gasteiger partial charge < -0.3 is 0 Å². The quantitative estimate of drug-likeness (QED) is 0.676. The summed E-state index contributed by atoms with van der Waals surface area (Å²) < 4.78 is 1.91. The first-order chi connectivity index (χ1) is 13.3. The van der Waals surface area contributed by atoms with Crippen molar-refractivity contribution in [3.63, 3.8) is 0 Å². The topological polar surface area (TPSA) is 37.2 Å². The van der Waals surface area contributed by atoms with E-state index in [0.717, 1.165) is 45.8 Å². The minimum absolute atomic E-state index is 0.915. The Morgan fingerprint density at radius 3 is 2.48 bits per heavy atom. The fourth-order valence-electron chi connectivity index (χ4n) is 3.76. The van der Waals surface area contributed by atoms with E-state index in [4.69, 9.17) is 0 Å². The molecule has 140 valence electrons. The summed E-state index contributed by atoms with van der Waals surface area (Å²) in [5.41, 5.74) is 5.37. The number of hydrogen-bond donors (Lipinski definition) is 0. The number of aryl methyl sites for hydroxylation is 1. The summed E-state index contributed by atoms with van der Waals surface area (Å²) in [7, 11) is 0. The molecule has 2 aromatic carbocycles. The van der Waals surface area contributed by atoms with Gasteiger partial charge in [0.1, 0.15) is 12.7 Å². The third-order valence-electron chi connectivity index (χ3n) is 5.37. The molecule has 0 spiro atoms. The Morgan fingerprint density at radius 2 is 1.70 bits per heavy atom. The fourth-order valence-corrected chi connectivity index (χ4v) is 3.76. The van der Waals surface area contributed by atoms with Gasteiger partial charge in [-0.15, -0.1) is 0 Å². The largest absolute Gasteiger partial charge is 0.299 e. The van der Waals surface area contributed by atoms with Gasteiger partial charge in [-0.3, -0.25) is 14.5 Å². The van der Waals surface area contributed by atoms with Crippen molar-refractivity contribution in [1.82, 2.24) is 24.6 Å². The highest BCUT2D eigenvalue weighted by Gasteiger charge is 2.17. The third kappa shape index (κ3) is 4.62. The van der Waals surface area contributed by atoms with Crippen molar-refractivity contribution >= 4 is 0 Å². The van der Waals surface area contributed by atoms with Crippen LogP contribution in [0.4, 0.5) is 0 Å². The van der Waals surface area contributed by atoms with E-state index in [2.05, 4.69) is 75.3 Å². The van der Waals surface area contributed by atoms with Gasteiger partial charge in [0.2, 0.25) is 0 Å². The number of aromatic nitrogens is 3. The van der Waals surface area contributed by atoms with Crippen LogP contribution in [0.1, 0.15) is 11.1 Å². The normalized spacial score (nSPS) is 15.9. The zero-order valence-corrected chi connectivity index (χ0v) is 16.0. The van der Waals surface area contributed by atoms with Crippen LogP contribution < -0.4 is 0 Å². The third-order valence-corrected chi connectivity index (χ3v) is 5.37. The number of benzene rings is 2. The average Bonchev–Trinajstić information content (AvgIpc) is 3.22. The van der Waals surface area contributed by atoms with Crippen LogP contribution in [0.3, 0.4) is 0 Å². The van der Waals surface area contributed by atoms with E-state index in [1.54, 1.807) is 12.7 Å². The van der Waals surface area contributed by atoms with Crippen molar-refractivity contribution in [3.8, 4) is 11.1 Å². The minimum Gasteiger partial charge on any atom is -0.299 e. The molecule has 0 N–H and O–H groups in total. The molecule has 0 aliphatic carbocycles. The van der Waals surface area contributed by atoms with Gasteiger partial charge in [-0.25, -0.2) is 4.98 Å². The molecule has 0 atom stereocenters. The molecule has 0 saturated carbocycles. The highest BCUT2D eigenvalue weighted by Crippen LogP contribution is 2.24. The van der Waals surface area contributed by atoms with Gasteiger partial charge in [-0.1, -0.05) is 42.5 Å². The Labute approximate surface area is 161 Å². The van der Waals surface area contributed by atoms with E-state index in [1.165, 1.54) is 22.3 Å². The molecule has 27 heavy (non-hydrogen) atoms. The number of piperazine rings is 1. The molecule has 1 aliphatic heterocycles. The standard InChI is InChI=1S/C22H27N5/c1-19-5-2-3-8-22(19)21-7-4-6-20(15-21)16-26-11-9-25(10-12-26)13-14-27-18-23-17-24-27/h2-8,15,17-18H,9-14,16H2,1H3.